The first-order valence-electron chi connectivity index (χ1n) is 4.89. The highest BCUT2D eigenvalue weighted by Crippen LogP contribution is 2.45. The quantitative estimate of drug-likeness (QED) is 0.767. The molecule has 1 aliphatic carbocycles. The van der Waals surface area contributed by atoms with Crippen molar-refractivity contribution in [1.82, 2.24) is 15.5 Å². The molecule has 0 spiro atoms. The Morgan fingerprint density at radius 1 is 1.80 bits per heavy atom. The lowest BCUT2D eigenvalue weighted by atomic mass is 10.1. The van der Waals surface area contributed by atoms with Crippen molar-refractivity contribution in [2.24, 2.45) is 5.41 Å². The Morgan fingerprint density at radius 3 is 3.00 bits per heavy atom. The van der Waals surface area contributed by atoms with E-state index in [1.54, 1.807) is 12.4 Å². The number of nitriles is 1. The van der Waals surface area contributed by atoms with Crippen molar-refractivity contribution in [3.63, 3.8) is 0 Å². The van der Waals surface area contributed by atoms with Crippen LogP contribution in [-0.4, -0.2) is 16.1 Å². The van der Waals surface area contributed by atoms with Gasteiger partial charge in [0, 0.05) is 11.8 Å². The smallest absolute Gasteiger partial charge is 0.240 e. The van der Waals surface area contributed by atoms with Crippen LogP contribution in [0.4, 0.5) is 0 Å². The highest BCUT2D eigenvalue weighted by atomic mass is 16.2. The van der Waals surface area contributed by atoms with Gasteiger partial charge >= 0.3 is 0 Å². The van der Waals surface area contributed by atoms with Crippen molar-refractivity contribution >= 4 is 5.91 Å². The number of nitrogens with zero attached hydrogens (tertiary/aromatic N) is 2. The van der Waals surface area contributed by atoms with E-state index in [1.165, 1.54) is 0 Å². The number of amides is 1. The summed E-state index contributed by atoms with van der Waals surface area (Å²) in [5.41, 5.74) is 0.162. The maximum atomic E-state index is 11.7. The molecule has 1 heterocycles. The fraction of sp³-hybridized carbons (Fsp3) is 0.500. The Labute approximate surface area is 87.5 Å². The van der Waals surface area contributed by atoms with E-state index in [0.717, 1.165) is 5.56 Å². The summed E-state index contributed by atoms with van der Waals surface area (Å²) < 4.78 is 0. The molecular weight excluding hydrogens is 192 g/mol. The third kappa shape index (κ3) is 1.71. The predicted octanol–water partition coefficient (Wildman–Crippen LogP) is 0.891. The van der Waals surface area contributed by atoms with Gasteiger partial charge in [-0.2, -0.15) is 10.4 Å². The van der Waals surface area contributed by atoms with Crippen molar-refractivity contribution in [2.75, 3.05) is 0 Å². The van der Waals surface area contributed by atoms with Crippen LogP contribution in [-0.2, 0) is 4.79 Å². The molecule has 0 aromatic carbocycles. The lowest BCUT2D eigenvalue weighted by Gasteiger charge is -2.13. The molecule has 1 unspecified atom stereocenters. The van der Waals surface area contributed by atoms with Gasteiger partial charge in [-0.05, 0) is 19.8 Å². The summed E-state index contributed by atoms with van der Waals surface area (Å²) in [5, 5.41) is 18.1. The van der Waals surface area contributed by atoms with Crippen molar-refractivity contribution in [2.45, 2.75) is 25.8 Å². The maximum absolute atomic E-state index is 11.7. The van der Waals surface area contributed by atoms with Gasteiger partial charge in [0.15, 0.2) is 0 Å². The number of rotatable bonds is 3. The van der Waals surface area contributed by atoms with Crippen LogP contribution in [0.25, 0.3) is 0 Å². The summed E-state index contributed by atoms with van der Waals surface area (Å²) >= 11 is 0. The highest BCUT2D eigenvalue weighted by molar-refractivity contribution is 5.88. The Balaban J connectivity index is 1.99. The van der Waals surface area contributed by atoms with Crippen LogP contribution >= 0.6 is 0 Å². The van der Waals surface area contributed by atoms with Crippen molar-refractivity contribution in [3.8, 4) is 6.07 Å². The SMILES string of the molecule is CC(NC(=O)C1(C#N)CC1)c1cn[nH]c1. The van der Waals surface area contributed by atoms with E-state index in [4.69, 9.17) is 5.26 Å². The zero-order chi connectivity index (χ0) is 10.9. The molecule has 1 aromatic rings. The van der Waals surface area contributed by atoms with Crippen LogP contribution in [0.1, 0.15) is 31.4 Å². The molecule has 5 nitrogen and oxygen atoms in total. The molecule has 0 aliphatic heterocycles. The second-order valence-corrected chi connectivity index (χ2v) is 3.92. The van der Waals surface area contributed by atoms with Crippen LogP contribution in [0.5, 0.6) is 0 Å². The molecule has 78 valence electrons. The Hall–Kier alpha value is -1.83. The lowest BCUT2D eigenvalue weighted by Crippen LogP contribution is -2.33. The van der Waals surface area contributed by atoms with Crippen molar-refractivity contribution in [1.29, 1.82) is 5.26 Å². The van der Waals surface area contributed by atoms with Crippen molar-refractivity contribution < 1.29 is 4.79 Å². The van der Waals surface area contributed by atoms with E-state index in [9.17, 15) is 4.79 Å². The first-order chi connectivity index (χ1) is 7.18. The Bertz CT molecular complexity index is 400. The molecule has 1 atom stereocenters. The number of aromatic nitrogens is 2. The van der Waals surface area contributed by atoms with Crippen LogP contribution in [0.3, 0.4) is 0 Å². The molecular formula is C10H12N4O. The summed E-state index contributed by atoms with van der Waals surface area (Å²) in [5.74, 6) is -0.168. The number of carbonyl (C=O) groups is 1. The van der Waals surface area contributed by atoms with Gasteiger partial charge in [-0.25, -0.2) is 0 Å². The molecule has 0 radical (unpaired) electrons. The zero-order valence-electron chi connectivity index (χ0n) is 8.45. The average molecular weight is 204 g/mol. The minimum Gasteiger partial charge on any atom is -0.348 e. The highest BCUT2D eigenvalue weighted by Gasteiger charge is 2.50. The molecule has 0 bridgehead atoms. The number of hydrogen-bond acceptors (Lipinski definition) is 3. The third-order valence-corrected chi connectivity index (χ3v) is 2.77. The minimum absolute atomic E-state index is 0.109. The number of aromatic amines is 1. The van der Waals surface area contributed by atoms with E-state index < -0.39 is 5.41 Å². The summed E-state index contributed by atoms with van der Waals surface area (Å²) in [6.07, 6.45) is 4.74. The van der Waals surface area contributed by atoms with Crippen LogP contribution in [0.2, 0.25) is 0 Å². The number of H-pyrrole nitrogens is 1. The molecule has 1 aromatic heterocycles. The van der Waals surface area contributed by atoms with Gasteiger partial charge in [-0.15, -0.1) is 0 Å². The molecule has 2 rings (SSSR count). The molecule has 1 amide bonds. The third-order valence-electron chi connectivity index (χ3n) is 2.77. The fourth-order valence-corrected chi connectivity index (χ4v) is 1.43. The molecule has 5 heteroatoms. The number of nitrogens with one attached hydrogen (secondary N) is 2. The van der Waals surface area contributed by atoms with E-state index in [2.05, 4.69) is 21.6 Å². The van der Waals surface area contributed by atoms with E-state index >= 15 is 0 Å². The van der Waals surface area contributed by atoms with Gasteiger partial charge in [-0.1, -0.05) is 0 Å². The minimum atomic E-state index is -0.752. The number of hydrogen-bond donors (Lipinski definition) is 2. The zero-order valence-corrected chi connectivity index (χ0v) is 8.45. The van der Waals surface area contributed by atoms with E-state index in [0.29, 0.717) is 12.8 Å². The molecule has 1 fully saturated rings. The second-order valence-electron chi connectivity index (χ2n) is 3.92. The van der Waals surface area contributed by atoms with Crippen LogP contribution in [0, 0.1) is 16.7 Å². The molecule has 0 saturated heterocycles. The largest absolute Gasteiger partial charge is 0.348 e. The second kappa shape index (κ2) is 3.39. The lowest BCUT2D eigenvalue weighted by molar-refractivity contribution is -0.125. The summed E-state index contributed by atoms with van der Waals surface area (Å²) in [6.45, 7) is 1.87. The molecule has 15 heavy (non-hydrogen) atoms. The summed E-state index contributed by atoms with van der Waals surface area (Å²) in [7, 11) is 0. The molecule has 2 N–H and O–H groups in total. The standard InChI is InChI=1S/C10H12N4O/c1-7(8-4-12-13-5-8)14-9(15)10(6-11)2-3-10/h4-5,7H,2-3H2,1H3,(H,12,13)(H,14,15). The Morgan fingerprint density at radius 2 is 2.53 bits per heavy atom. The predicted molar refractivity (Wildman–Crippen MR) is 52.4 cm³/mol. The monoisotopic (exact) mass is 204 g/mol. The number of carbonyl (C=O) groups excluding carboxylic acids is 1. The van der Waals surface area contributed by atoms with E-state index in [1.807, 2.05) is 6.92 Å². The van der Waals surface area contributed by atoms with Gasteiger partial charge < -0.3 is 5.32 Å². The van der Waals surface area contributed by atoms with E-state index in [-0.39, 0.29) is 11.9 Å². The van der Waals surface area contributed by atoms with Gasteiger partial charge in [-0.3, -0.25) is 9.89 Å². The van der Waals surface area contributed by atoms with Gasteiger partial charge in [0.1, 0.15) is 5.41 Å². The normalized spacial score (nSPS) is 18.9. The average Bonchev–Trinajstić information content (AvgIpc) is 2.84. The topological polar surface area (TPSA) is 81.6 Å². The van der Waals surface area contributed by atoms with Crippen molar-refractivity contribution in [3.05, 3.63) is 18.0 Å². The summed E-state index contributed by atoms with van der Waals surface area (Å²) in [4.78, 5) is 11.7. The van der Waals surface area contributed by atoms with Gasteiger partial charge in [0.25, 0.3) is 0 Å². The van der Waals surface area contributed by atoms with Gasteiger partial charge in [0.2, 0.25) is 5.91 Å². The molecule has 1 aliphatic rings. The molecule has 1 saturated carbocycles. The van der Waals surface area contributed by atoms with Crippen LogP contribution in [0.15, 0.2) is 12.4 Å². The first kappa shape index (κ1) is 9.71. The van der Waals surface area contributed by atoms with Crippen LogP contribution < -0.4 is 5.32 Å². The maximum Gasteiger partial charge on any atom is 0.240 e. The fourth-order valence-electron chi connectivity index (χ4n) is 1.43. The van der Waals surface area contributed by atoms with Gasteiger partial charge in [0.05, 0.1) is 18.3 Å². The first-order valence-corrected chi connectivity index (χ1v) is 4.89. The Kier molecular flexibility index (Phi) is 2.19. The summed E-state index contributed by atoms with van der Waals surface area (Å²) in [6, 6.07) is 1.96.